The zero-order valence-electron chi connectivity index (χ0n) is 7.50. The van der Waals surface area contributed by atoms with Gasteiger partial charge >= 0.3 is 0 Å². The van der Waals surface area contributed by atoms with Gasteiger partial charge in [0, 0.05) is 18.3 Å². The van der Waals surface area contributed by atoms with Crippen LogP contribution in [0, 0.1) is 0 Å². The molecule has 0 aromatic carbocycles. The smallest absolute Gasteiger partial charge is 0.217 e. The Hall–Kier alpha value is -1.09. The molecule has 0 spiro atoms. The summed E-state index contributed by atoms with van der Waals surface area (Å²) in [4.78, 5) is 4.14. The number of aromatic nitrogens is 1. The summed E-state index contributed by atoms with van der Waals surface area (Å²) in [5.41, 5.74) is 7.69. The minimum absolute atomic E-state index is 0.476. The molecule has 0 amide bonds. The summed E-state index contributed by atoms with van der Waals surface area (Å²) in [6.07, 6.45) is 2.79. The van der Waals surface area contributed by atoms with Crippen molar-refractivity contribution in [2.45, 2.75) is 19.9 Å². The predicted octanol–water partition coefficient (Wildman–Crippen LogP) is 1.11. The lowest BCUT2D eigenvalue weighted by Crippen LogP contribution is -2.02. The Morgan fingerprint density at radius 2 is 2.33 bits per heavy atom. The van der Waals surface area contributed by atoms with E-state index >= 15 is 0 Å². The van der Waals surface area contributed by atoms with Gasteiger partial charge in [0.1, 0.15) is 0 Å². The van der Waals surface area contributed by atoms with Crippen LogP contribution in [0.1, 0.15) is 18.1 Å². The van der Waals surface area contributed by atoms with Crippen molar-refractivity contribution in [3.63, 3.8) is 0 Å². The molecule has 66 valence electrons. The highest BCUT2D eigenvalue weighted by Gasteiger charge is 2.02. The monoisotopic (exact) mass is 166 g/mol. The number of ether oxygens (including phenoxy) is 1. The fourth-order valence-corrected chi connectivity index (χ4v) is 1.07. The van der Waals surface area contributed by atoms with Gasteiger partial charge in [0.2, 0.25) is 5.88 Å². The third kappa shape index (κ3) is 1.74. The Morgan fingerprint density at radius 1 is 1.58 bits per heavy atom. The summed E-state index contributed by atoms with van der Waals surface area (Å²) in [6.45, 7) is 2.56. The van der Waals surface area contributed by atoms with Crippen LogP contribution in [0.4, 0.5) is 0 Å². The standard InChI is InChI=1S/C9H14N2O/c1-3-7-4-8(5-10)9(12-2)11-6-7/h4,6H,3,5,10H2,1-2H3. The number of rotatable bonds is 3. The van der Waals surface area contributed by atoms with Crippen molar-refractivity contribution >= 4 is 0 Å². The molecule has 0 aliphatic rings. The second-order valence-electron chi connectivity index (χ2n) is 2.57. The first kappa shape index (κ1) is 9.00. The number of aryl methyl sites for hydroxylation is 1. The van der Waals surface area contributed by atoms with Gasteiger partial charge in [0.25, 0.3) is 0 Å². The molecule has 1 aromatic rings. The maximum atomic E-state index is 5.53. The van der Waals surface area contributed by atoms with Gasteiger partial charge in [-0.25, -0.2) is 4.98 Å². The van der Waals surface area contributed by atoms with Crippen LogP contribution in [-0.2, 0) is 13.0 Å². The molecular formula is C9H14N2O. The number of methoxy groups -OCH3 is 1. The highest BCUT2D eigenvalue weighted by molar-refractivity contribution is 5.29. The lowest BCUT2D eigenvalue weighted by atomic mass is 10.1. The quantitative estimate of drug-likeness (QED) is 0.731. The van der Waals surface area contributed by atoms with Crippen LogP contribution >= 0.6 is 0 Å². The third-order valence-electron chi connectivity index (χ3n) is 1.80. The van der Waals surface area contributed by atoms with Crippen LogP contribution in [-0.4, -0.2) is 12.1 Å². The van der Waals surface area contributed by atoms with Crippen LogP contribution in [0.15, 0.2) is 12.3 Å². The van der Waals surface area contributed by atoms with Gasteiger partial charge in [-0.15, -0.1) is 0 Å². The van der Waals surface area contributed by atoms with Gasteiger partial charge < -0.3 is 10.5 Å². The molecule has 0 aliphatic heterocycles. The fraction of sp³-hybridized carbons (Fsp3) is 0.444. The second-order valence-corrected chi connectivity index (χ2v) is 2.57. The van der Waals surface area contributed by atoms with Gasteiger partial charge in [-0.05, 0) is 18.1 Å². The van der Waals surface area contributed by atoms with E-state index < -0.39 is 0 Å². The predicted molar refractivity (Wildman–Crippen MR) is 48.1 cm³/mol. The van der Waals surface area contributed by atoms with Gasteiger partial charge in [0.15, 0.2) is 0 Å². The number of nitrogens with two attached hydrogens (primary N) is 1. The molecule has 3 nitrogen and oxygen atoms in total. The van der Waals surface area contributed by atoms with E-state index in [1.165, 1.54) is 5.56 Å². The van der Waals surface area contributed by atoms with Crippen molar-refractivity contribution < 1.29 is 4.74 Å². The minimum Gasteiger partial charge on any atom is -0.481 e. The summed E-state index contributed by atoms with van der Waals surface area (Å²) in [7, 11) is 1.60. The maximum Gasteiger partial charge on any atom is 0.217 e. The summed E-state index contributed by atoms with van der Waals surface area (Å²) in [5.74, 6) is 0.634. The highest BCUT2D eigenvalue weighted by atomic mass is 16.5. The van der Waals surface area contributed by atoms with Crippen LogP contribution in [0.2, 0.25) is 0 Å². The van der Waals surface area contributed by atoms with E-state index in [9.17, 15) is 0 Å². The molecular weight excluding hydrogens is 152 g/mol. The van der Waals surface area contributed by atoms with Gasteiger partial charge in [-0.1, -0.05) is 6.92 Å². The first-order chi connectivity index (χ1) is 5.81. The maximum absolute atomic E-state index is 5.53. The summed E-state index contributed by atoms with van der Waals surface area (Å²) < 4.78 is 5.04. The molecule has 0 radical (unpaired) electrons. The zero-order valence-corrected chi connectivity index (χ0v) is 7.50. The molecule has 3 heteroatoms. The lowest BCUT2D eigenvalue weighted by Gasteiger charge is -2.06. The Kier molecular flexibility index (Phi) is 3.05. The third-order valence-corrected chi connectivity index (χ3v) is 1.80. The van der Waals surface area contributed by atoms with Crippen LogP contribution < -0.4 is 10.5 Å². The molecule has 1 aromatic heterocycles. The normalized spacial score (nSPS) is 9.92. The molecule has 0 atom stereocenters. The molecule has 1 heterocycles. The Morgan fingerprint density at radius 3 is 2.83 bits per heavy atom. The molecule has 0 aliphatic carbocycles. The number of nitrogens with zero attached hydrogens (tertiary/aromatic N) is 1. The zero-order chi connectivity index (χ0) is 8.97. The Labute approximate surface area is 72.6 Å². The SMILES string of the molecule is CCc1cnc(OC)c(CN)c1. The average Bonchev–Trinajstić information content (AvgIpc) is 2.16. The van der Waals surface area contributed by atoms with Gasteiger partial charge in [-0.2, -0.15) is 0 Å². The van der Waals surface area contributed by atoms with Crippen molar-refractivity contribution in [1.29, 1.82) is 0 Å². The van der Waals surface area contributed by atoms with Crippen molar-refractivity contribution in [2.24, 2.45) is 5.73 Å². The van der Waals surface area contributed by atoms with E-state index in [1.807, 2.05) is 12.3 Å². The summed E-state index contributed by atoms with van der Waals surface area (Å²) in [5, 5.41) is 0. The molecule has 12 heavy (non-hydrogen) atoms. The molecule has 0 saturated carbocycles. The first-order valence-corrected chi connectivity index (χ1v) is 4.03. The van der Waals surface area contributed by atoms with Crippen LogP contribution in [0.25, 0.3) is 0 Å². The van der Waals surface area contributed by atoms with Gasteiger partial charge in [-0.3, -0.25) is 0 Å². The Bertz CT molecular complexity index is 261. The van der Waals surface area contributed by atoms with Crippen molar-refractivity contribution in [1.82, 2.24) is 4.98 Å². The average molecular weight is 166 g/mol. The van der Waals surface area contributed by atoms with E-state index in [2.05, 4.69) is 11.9 Å². The van der Waals surface area contributed by atoms with E-state index in [1.54, 1.807) is 7.11 Å². The van der Waals surface area contributed by atoms with Crippen molar-refractivity contribution in [2.75, 3.05) is 7.11 Å². The minimum atomic E-state index is 0.476. The van der Waals surface area contributed by atoms with Crippen molar-refractivity contribution in [3.8, 4) is 5.88 Å². The van der Waals surface area contributed by atoms with E-state index in [0.717, 1.165) is 12.0 Å². The van der Waals surface area contributed by atoms with E-state index in [0.29, 0.717) is 12.4 Å². The second kappa shape index (κ2) is 4.07. The molecule has 0 saturated heterocycles. The largest absolute Gasteiger partial charge is 0.481 e. The van der Waals surface area contributed by atoms with Crippen LogP contribution in [0.5, 0.6) is 5.88 Å². The summed E-state index contributed by atoms with van der Waals surface area (Å²) in [6, 6.07) is 2.03. The van der Waals surface area contributed by atoms with Crippen LogP contribution in [0.3, 0.4) is 0 Å². The summed E-state index contributed by atoms with van der Waals surface area (Å²) >= 11 is 0. The topological polar surface area (TPSA) is 48.1 Å². The molecule has 0 fully saturated rings. The highest BCUT2D eigenvalue weighted by Crippen LogP contribution is 2.15. The van der Waals surface area contributed by atoms with E-state index in [-0.39, 0.29) is 0 Å². The van der Waals surface area contributed by atoms with Crippen molar-refractivity contribution in [3.05, 3.63) is 23.4 Å². The number of hydrogen-bond donors (Lipinski definition) is 1. The fourth-order valence-electron chi connectivity index (χ4n) is 1.07. The Balaban J connectivity index is 3.02. The lowest BCUT2D eigenvalue weighted by molar-refractivity contribution is 0.392. The molecule has 1 rings (SSSR count). The molecule has 0 unspecified atom stereocenters. The first-order valence-electron chi connectivity index (χ1n) is 4.03. The van der Waals surface area contributed by atoms with Gasteiger partial charge in [0.05, 0.1) is 7.11 Å². The molecule has 2 N–H and O–H groups in total. The molecule has 0 bridgehead atoms. The number of pyridine rings is 1. The van der Waals surface area contributed by atoms with E-state index in [4.69, 9.17) is 10.5 Å². The number of hydrogen-bond acceptors (Lipinski definition) is 3.